The van der Waals surface area contributed by atoms with Crippen LogP contribution in [0.15, 0.2) is 22.6 Å². The number of rotatable bonds is 5. The number of aliphatic carboxylic acids is 1. The van der Waals surface area contributed by atoms with Gasteiger partial charge in [-0.3, -0.25) is 4.79 Å². The molecule has 0 saturated heterocycles. The summed E-state index contributed by atoms with van der Waals surface area (Å²) in [6, 6.07) is 5.28. The Bertz CT molecular complexity index is 589. The smallest absolute Gasteiger partial charge is 0.303 e. The van der Waals surface area contributed by atoms with Gasteiger partial charge >= 0.3 is 5.97 Å². The zero-order chi connectivity index (χ0) is 14.0. The molecule has 0 aliphatic carbocycles. The summed E-state index contributed by atoms with van der Waals surface area (Å²) < 4.78 is 5.62. The predicted molar refractivity (Wildman–Crippen MR) is 71.9 cm³/mol. The standard InChI is InChI=1S/C14H18N2O3/c1-8(2)14-16-11-7-9(3-5-12(11)19-14)10(15)4-6-13(17)18/h3,5,7-8,10H,4,6,15H2,1-2H3,(H,17,18). The van der Waals surface area contributed by atoms with Gasteiger partial charge in [0.05, 0.1) is 0 Å². The molecule has 0 radical (unpaired) electrons. The third-order valence-corrected chi connectivity index (χ3v) is 3.02. The highest BCUT2D eigenvalue weighted by atomic mass is 16.4. The van der Waals surface area contributed by atoms with Gasteiger partial charge in [-0.1, -0.05) is 19.9 Å². The minimum atomic E-state index is -0.833. The van der Waals surface area contributed by atoms with Gasteiger partial charge in [-0.2, -0.15) is 0 Å². The zero-order valence-corrected chi connectivity index (χ0v) is 11.1. The third kappa shape index (κ3) is 3.12. The maximum Gasteiger partial charge on any atom is 0.303 e. The highest BCUT2D eigenvalue weighted by Crippen LogP contribution is 2.25. The Hall–Kier alpha value is -1.88. The first-order valence-electron chi connectivity index (χ1n) is 6.35. The number of carboxylic acid groups (broad SMARTS) is 1. The molecule has 0 bridgehead atoms. The van der Waals surface area contributed by atoms with E-state index in [1.165, 1.54) is 0 Å². The zero-order valence-electron chi connectivity index (χ0n) is 11.1. The quantitative estimate of drug-likeness (QED) is 0.864. The number of fused-ring (bicyclic) bond motifs is 1. The molecule has 1 aromatic carbocycles. The lowest BCUT2D eigenvalue weighted by molar-refractivity contribution is -0.137. The van der Waals surface area contributed by atoms with Crippen molar-refractivity contribution in [2.45, 2.75) is 38.6 Å². The number of carboxylic acids is 1. The van der Waals surface area contributed by atoms with Gasteiger partial charge in [0.25, 0.3) is 0 Å². The molecular weight excluding hydrogens is 244 g/mol. The van der Waals surface area contributed by atoms with E-state index in [1.807, 2.05) is 32.0 Å². The van der Waals surface area contributed by atoms with Crippen LogP contribution in [0, 0.1) is 0 Å². The molecule has 0 aliphatic heterocycles. The van der Waals surface area contributed by atoms with Crippen LogP contribution >= 0.6 is 0 Å². The lowest BCUT2D eigenvalue weighted by Gasteiger charge is -2.09. The molecule has 2 rings (SSSR count). The van der Waals surface area contributed by atoms with Crippen LogP contribution < -0.4 is 5.73 Å². The molecule has 1 atom stereocenters. The second-order valence-electron chi connectivity index (χ2n) is 4.97. The fourth-order valence-electron chi connectivity index (χ4n) is 1.89. The average Bonchev–Trinajstić information content (AvgIpc) is 2.78. The Balaban J connectivity index is 2.23. The summed E-state index contributed by atoms with van der Waals surface area (Å²) in [5.74, 6) is 0.0999. The van der Waals surface area contributed by atoms with Crippen LogP contribution in [0.1, 0.15) is 50.1 Å². The van der Waals surface area contributed by atoms with E-state index in [0.29, 0.717) is 12.3 Å². The number of carbonyl (C=O) groups is 1. The Morgan fingerprint density at radius 1 is 1.47 bits per heavy atom. The van der Waals surface area contributed by atoms with Gasteiger partial charge in [-0.25, -0.2) is 4.98 Å². The molecule has 2 aromatic rings. The highest BCUT2D eigenvalue weighted by Gasteiger charge is 2.13. The van der Waals surface area contributed by atoms with Crippen molar-refractivity contribution in [1.82, 2.24) is 4.98 Å². The van der Waals surface area contributed by atoms with Crippen LogP contribution in [-0.2, 0) is 4.79 Å². The number of hydrogen-bond acceptors (Lipinski definition) is 4. The maximum atomic E-state index is 10.5. The van der Waals surface area contributed by atoms with Crippen LogP contribution in [0.2, 0.25) is 0 Å². The topological polar surface area (TPSA) is 89.3 Å². The molecule has 19 heavy (non-hydrogen) atoms. The Morgan fingerprint density at radius 3 is 2.84 bits per heavy atom. The molecule has 0 saturated carbocycles. The largest absolute Gasteiger partial charge is 0.481 e. The van der Waals surface area contributed by atoms with E-state index in [2.05, 4.69) is 4.98 Å². The van der Waals surface area contributed by atoms with E-state index in [0.717, 1.165) is 16.7 Å². The van der Waals surface area contributed by atoms with E-state index in [1.54, 1.807) is 0 Å². The number of benzene rings is 1. The van der Waals surface area contributed by atoms with Gasteiger partial charge in [-0.05, 0) is 24.1 Å². The first kappa shape index (κ1) is 13.5. The summed E-state index contributed by atoms with van der Waals surface area (Å²) in [6.07, 6.45) is 0.477. The Labute approximate surface area is 111 Å². The summed E-state index contributed by atoms with van der Waals surface area (Å²) in [5.41, 5.74) is 8.37. The van der Waals surface area contributed by atoms with Gasteiger partial charge in [0.2, 0.25) is 0 Å². The number of nitrogens with zero attached hydrogens (tertiary/aromatic N) is 1. The molecule has 1 unspecified atom stereocenters. The lowest BCUT2D eigenvalue weighted by Crippen LogP contribution is -2.12. The first-order chi connectivity index (χ1) is 8.97. The molecule has 0 fully saturated rings. The minimum Gasteiger partial charge on any atom is -0.481 e. The fraction of sp³-hybridized carbons (Fsp3) is 0.429. The number of hydrogen-bond donors (Lipinski definition) is 2. The molecule has 1 aromatic heterocycles. The van der Waals surface area contributed by atoms with E-state index in [4.69, 9.17) is 15.3 Å². The summed E-state index contributed by atoms with van der Waals surface area (Å²) in [4.78, 5) is 15.0. The predicted octanol–water partition coefficient (Wildman–Crippen LogP) is 2.82. The number of aromatic nitrogens is 1. The van der Waals surface area contributed by atoms with Gasteiger partial charge in [0.1, 0.15) is 5.52 Å². The molecule has 0 aliphatic rings. The van der Waals surface area contributed by atoms with Crippen LogP contribution in [0.25, 0.3) is 11.1 Å². The summed E-state index contributed by atoms with van der Waals surface area (Å²) in [6.45, 7) is 4.04. The molecule has 3 N–H and O–H groups in total. The average molecular weight is 262 g/mol. The van der Waals surface area contributed by atoms with Crippen molar-refractivity contribution in [3.63, 3.8) is 0 Å². The number of oxazole rings is 1. The Morgan fingerprint density at radius 2 is 2.21 bits per heavy atom. The molecule has 0 amide bonds. The fourth-order valence-corrected chi connectivity index (χ4v) is 1.89. The van der Waals surface area contributed by atoms with Crippen LogP contribution in [0.5, 0.6) is 0 Å². The second-order valence-corrected chi connectivity index (χ2v) is 4.97. The second kappa shape index (κ2) is 5.40. The Kier molecular flexibility index (Phi) is 3.85. The SMILES string of the molecule is CC(C)c1nc2cc(C(N)CCC(=O)O)ccc2o1. The van der Waals surface area contributed by atoms with E-state index in [9.17, 15) is 4.79 Å². The van der Waals surface area contributed by atoms with Crippen molar-refractivity contribution in [2.24, 2.45) is 5.73 Å². The van der Waals surface area contributed by atoms with Gasteiger partial charge in [-0.15, -0.1) is 0 Å². The van der Waals surface area contributed by atoms with Crippen molar-refractivity contribution in [2.75, 3.05) is 0 Å². The van der Waals surface area contributed by atoms with E-state index in [-0.39, 0.29) is 18.4 Å². The van der Waals surface area contributed by atoms with Crippen molar-refractivity contribution in [1.29, 1.82) is 0 Å². The minimum absolute atomic E-state index is 0.0647. The number of nitrogens with two attached hydrogens (primary N) is 1. The van der Waals surface area contributed by atoms with Gasteiger partial charge in [0, 0.05) is 18.4 Å². The van der Waals surface area contributed by atoms with Crippen molar-refractivity contribution >= 4 is 17.1 Å². The molecule has 102 valence electrons. The molecule has 0 spiro atoms. The normalized spacial score (nSPS) is 13.1. The van der Waals surface area contributed by atoms with E-state index >= 15 is 0 Å². The van der Waals surface area contributed by atoms with Gasteiger partial charge in [0.15, 0.2) is 11.5 Å². The lowest BCUT2D eigenvalue weighted by atomic mass is 10.0. The van der Waals surface area contributed by atoms with Crippen molar-refractivity contribution < 1.29 is 14.3 Å². The maximum absolute atomic E-state index is 10.5. The van der Waals surface area contributed by atoms with Crippen molar-refractivity contribution in [3.8, 4) is 0 Å². The summed E-state index contributed by atoms with van der Waals surface area (Å²) in [5, 5.41) is 8.66. The monoisotopic (exact) mass is 262 g/mol. The summed E-state index contributed by atoms with van der Waals surface area (Å²) >= 11 is 0. The molecular formula is C14H18N2O3. The highest BCUT2D eigenvalue weighted by molar-refractivity contribution is 5.73. The molecule has 5 heteroatoms. The first-order valence-corrected chi connectivity index (χ1v) is 6.35. The summed E-state index contributed by atoms with van der Waals surface area (Å²) in [7, 11) is 0. The third-order valence-electron chi connectivity index (χ3n) is 3.02. The molecule has 1 heterocycles. The van der Waals surface area contributed by atoms with E-state index < -0.39 is 5.97 Å². The molecule has 5 nitrogen and oxygen atoms in total. The van der Waals surface area contributed by atoms with Crippen LogP contribution in [0.4, 0.5) is 0 Å². The van der Waals surface area contributed by atoms with Crippen LogP contribution in [0.3, 0.4) is 0 Å². The van der Waals surface area contributed by atoms with Crippen molar-refractivity contribution in [3.05, 3.63) is 29.7 Å². The van der Waals surface area contributed by atoms with Crippen LogP contribution in [-0.4, -0.2) is 16.1 Å². The van der Waals surface area contributed by atoms with Gasteiger partial charge < -0.3 is 15.3 Å².